The third kappa shape index (κ3) is 2.91. The van der Waals surface area contributed by atoms with Crippen LogP contribution in [0.15, 0.2) is 48.7 Å². The number of anilines is 1. The lowest BCUT2D eigenvalue weighted by Crippen LogP contribution is -2.47. The second-order valence-electron chi connectivity index (χ2n) is 5.53. The zero-order valence-corrected chi connectivity index (χ0v) is 12.3. The summed E-state index contributed by atoms with van der Waals surface area (Å²) >= 11 is 0. The maximum absolute atomic E-state index is 9.58. The fourth-order valence-electron chi connectivity index (χ4n) is 2.95. The van der Waals surface area contributed by atoms with Crippen LogP contribution < -0.4 is 4.90 Å². The Balaban J connectivity index is 1.98. The number of benzene rings is 1. The fraction of sp³-hybridized carbons (Fsp3) is 0.353. The topological polar surface area (TPSA) is 39.6 Å². The average molecular weight is 283 g/mol. The van der Waals surface area contributed by atoms with Crippen LogP contribution in [0.4, 0.5) is 5.82 Å². The van der Waals surface area contributed by atoms with Gasteiger partial charge in [0.1, 0.15) is 5.82 Å². The van der Waals surface area contributed by atoms with E-state index >= 15 is 0 Å². The third-order valence-corrected chi connectivity index (χ3v) is 4.08. The summed E-state index contributed by atoms with van der Waals surface area (Å²) in [6.45, 7) is 2.91. The molecule has 1 aromatic heterocycles. The molecule has 0 unspecified atom stereocenters. The van der Waals surface area contributed by atoms with E-state index < -0.39 is 0 Å². The third-order valence-electron chi connectivity index (χ3n) is 4.08. The summed E-state index contributed by atoms with van der Waals surface area (Å²) in [7, 11) is 2.15. The Labute approximate surface area is 125 Å². The second-order valence-corrected chi connectivity index (χ2v) is 5.53. The summed E-state index contributed by atoms with van der Waals surface area (Å²) in [6, 6.07) is 14.6. The minimum absolute atomic E-state index is 0.0248. The Morgan fingerprint density at radius 3 is 2.71 bits per heavy atom. The maximum Gasteiger partial charge on any atom is 0.134 e. The van der Waals surface area contributed by atoms with Gasteiger partial charge in [0, 0.05) is 31.4 Å². The molecule has 0 aliphatic carbocycles. The van der Waals surface area contributed by atoms with Gasteiger partial charge in [-0.05, 0) is 18.7 Å². The molecule has 2 aromatic rings. The van der Waals surface area contributed by atoms with Gasteiger partial charge >= 0.3 is 0 Å². The van der Waals surface area contributed by atoms with Crippen molar-refractivity contribution in [2.75, 3.05) is 31.6 Å². The lowest BCUT2D eigenvalue weighted by atomic mass is 10.0. The molecule has 1 aliphatic rings. The van der Waals surface area contributed by atoms with Crippen LogP contribution in [0, 0.1) is 0 Å². The maximum atomic E-state index is 9.58. The summed E-state index contributed by atoms with van der Waals surface area (Å²) in [4.78, 5) is 9.18. The van der Waals surface area contributed by atoms with Crippen molar-refractivity contribution < 1.29 is 5.11 Å². The van der Waals surface area contributed by atoms with Crippen LogP contribution in [0.25, 0.3) is 0 Å². The van der Waals surface area contributed by atoms with Crippen LogP contribution in [0.1, 0.15) is 17.2 Å². The number of aliphatic hydroxyl groups is 1. The van der Waals surface area contributed by atoms with Crippen molar-refractivity contribution in [1.29, 1.82) is 0 Å². The molecule has 1 aliphatic heterocycles. The first-order valence-electron chi connectivity index (χ1n) is 7.34. The van der Waals surface area contributed by atoms with Crippen molar-refractivity contribution >= 4 is 5.82 Å². The first-order chi connectivity index (χ1) is 10.3. The van der Waals surface area contributed by atoms with E-state index in [0.717, 1.165) is 31.0 Å². The summed E-state index contributed by atoms with van der Waals surface area (Å²) < 4.78 is 0. The largest absolute Gasteiger partial charge is 0.392 e. The average Bonchev–Trinajstić information content (AvgIpc) is 2.55. The molecule has 110 valence electrons. The Morgan fingerprint density at radius 1 is 1.14 bits per heavy atom. The summed E-state index contributed by atoms with van der Waals surface area (Å²) in [5.74, 6) is 0.905. The minimum atomic E-state index is 0.0248. The second kappa shape index (κ2) is 6.24. The number of likely N-dealkylation sites (N-methyl/N-ethyl adjacent to an activating group) is 1. The summed E-state index contributed by atoms with van der Waals surface area (Å²) in [5.41, 5.74) is 2.18. The highest BCUT2D eigenvalue weighted by atomic mass is 16.3. The van der Waals surface area contributed by atoms with E-state index in [1.807, 2.05) is 18.2 Å². The zero-order chi connectivity index (χ0) is 14.7. The fourth-order valence-corrected chi connectivity index (χ4v) is 2.95. The molecule has 0 saturated carbocycles. The lowest BCUT2D eigenvalue weighted by Gasteiger charge is -2.41. The number of nitrogens with zero attached hydrogens (tertiary/aromatic N) is 3. The smallest absolute Gasteiger partial charge is 0.134 e. The van der Waals surface area contributed by atoms with Gasteiger partial charge in [0.2, 0.25) is 0 Å². The van der Waals surface area contributed by atoms with Gasteiger partial charge in [-0.15, -0.1) is 0 Å². The highest BCUT2D eigenvalue weighted by Gasteiger charge is 2.28. The van der Waals surface area contributed by atoms with E-state index in [2.05, 4.69) is 46.1 Å². The van der Waals surface area contributed by atoms with Crippen molar-refractivity contribution in [3.8, 4) is 0 Å². The number of piperazine rings is 1. The molecule has 4 nitrogen and oxygen atoms in total. The first kappa shape index (κ1) is 14.0. The van der Waals surface area contributed by atoms with Crippen LogP contribution in [0.3, 0.4) is 0 Å². The molecule has 1 atom stereocenters. The van der Waals surface area contributed by atoms with Gasteiger partial charge in [0.05, 0.1) is 12.6 Å². The van der Waals surface area contributed by atoms with Crippen LogP contribution in [0.5, 0.6) is 0 Å². The Morgan fingerprint density at radius 2 is 1.95 bits per heavy atom. The van der Waals surface area contributed by atoms with Crippen molar-refractivity contribution in [1.82, 2.24) is 9.88 Å². The normalized spacial score (nSPS) is 19.7. The zero-order valence-electron chi connectivity index (χ0n) is 12.3. The lowest BCUT2D eigenvalue weighted by molar-refractivity contribution is 0.262. The molecule has 1 saturated heterocycles. The Bertz CT molecular complexity index is 588. The molecule has 0 bridgehead atoms. The van der Waals surface area contributed by atoms with Crippen molar-refractivity contribution in [3.63, 3.8) is 0 Å². The van der Waals surface area contributed by atoms with E-state index in [1.165, 1.54) is 5.56 Å². The Kier molecular flexibility index (Phi) is 4.18. The SMILES string of the molecule is CN1CCN(c2ncccc2CO)[C@@H](c2ccccc2)C1. The molecule has 3 rings (SSSR count). The number of rotatable bonds is 3. The van der Waals surface area contributed by atoms with E-state index in [-0.39, 0.29) is 12.6 Å². The first-order valence-corrected chi connectivity index (χ1v) is 7.34. The minimum Gasteiger partial charge on any atom is -0.392 e. The quantitative estimate of drug-likeness (QED) is 0.936. The molecule has 1 fully saturated rings. The number of aliphatic hydroxyl groups excluding tert-OH is 1. The van der Waals surface area contributed by atoms with Gasteiger partial charge in [0.15, 0.2) is 0 Å². The van der Waals surface area contributed by atoms with Crippen molar-refractivity contribution in [3.05, 3.63) is 59.8 Å². The van der Waals surface area contributed by atoms with Crippen LogP contribution in [-0.2, 0) is 6.61 Å². The Hall–Kier alpha value is -1.91. The van der Waals surface area contributed by atoms with Crippen LogP contribution in [-0.4, -0.2) is 41.7 Å². The van der Waals surface area contributed by atoms with E-state index in [1.54, 1.807) is 6.20 Å². The summed E-state index contributed by atoms with van der Waals surface area (Å²) in [6.07, 6.45) is 1.80. The van der Waals surface area contributed by atoms with Crippen LogP contribution >= 0.6 is 0 Å². The highest BCUT2D eigenvalue weighted by Crippen LogP contribution is 2.31. The molecule has 0 spiro atoms. The predicted molar refractivity (Wildman–Crippen MR) is 84.2 cm³/mol. The van der Waals surface area contributed by atoms with Crippen molar-refractivity contribution in [2.45, 2.75) is 12.6 Å². The number of hydrogen-bond acceptors (Lipinski definition) is 4. The molecule has 0 amide bonds. The standard InChI is InChI=1S/C17H21N3O/c1-19-10-11-20(17-15(13-21)8-5-9-18-17)16(12-19)14-6-3-2-4-7-14/h2-9,16,21H,10-13H2,1H3/t16-/m1/s1. The molecule has 0 radical (unpaired) electrons. The van der Waals surface area contributed by atoms with Crippen molar-refractivity contribution in [2.24, 2.45) is 0 Å². The van der Waals surface area contributed by atoms with Gasteiger partial charge in [-0.25, -0.2) is 4.98 Å². The number of pyridine rings is 1. The highest BCUT2D eigenvalue weighted by molar-refractivity contribution is 5.49. The monoisotopic (exact) mass is 283 g/mol. The molecular formula is C17H21N3O. The van der Waals surface area contributed by atoms with E-state index in [9.17, 15) is 5.11 Å². The van der Waals surface area contributed by atoms with Gasteiger partial charge in [-0.3, -0.25) is 0 Å². The molecule has 21 heavy (non-hydrogen) atoms. The van der Waals surface area contributed by atoms with E-state index in [0.29, 0.717) is 0 Å². The van der Waals surface area contributed by atoms with E-state index in [4.69, 9.17) is 0 Å². The van der Waals surface area contributed by atoms with Crippen LogP contribution in [0.2, 0.25) is 0 Å². The molecular weight excluding hydrogens is 262 g/mol. The number of aromatic nitrogens is 1. The van der Waals surface area contributed by atoms with Gasteiger partial charge in [-0.1, -0.05) is 36.4 Å². The molecule has 1 aromatic carbocycles. The van der Waals surface area contributed by atoms with Gasteiger partial charge in [0.25, 0.3) is 0 Å². The van der Waals surface area contributed by atoms with Gasteiger partial charge in [-0.2, -0.15) is 0 Å². The van der Waals surface area contributed by atoms with Gasteiger partial charge < -0.3 is 14.9 Å². The molecule has 1 N–H and O–H groups in total. The molecule has 2 heterocycles. The predicted octanol–water partition coefficient (Wildman–Crippen LogP) is 2.07. The summed E-state index contributed by atoms with van der Waals surface area (Å²) in [5, 5.41) is 9.58. The molecule has 4 heteroatoms. The number of hydrogen-bond donors (Lipinski definition) is 1.